The molecule has 3 N–H and O–H groups in total. The Balaban J connectivity index is 0.000000535. The van der Waals surface area contributed by atoms with Crippen LogP contribution in [0.25, 0.3) is 44.6 Å². The Kier molecular flexibility index (Phi) is 8.24. The maximum atomic E-state index is 14.9. The van der Waals surface area contributed by atoms with Gasteiger partial charge >= 0.3 is 11.8 Å². The van der Waals surface area contributed by atoms with Crippen LogP contribution in [-0.4, -0.2) is 72.4 Å². The van der Waals surface area contributed by atoms with Crippen LogP contribution in [0.2, 0.25) is 0 Å². The second kappa shape index (κ2) is 12.0. The van der Waals surface area contributed by atoms with Gasteiger partial charge in [0.25, 0.3) is 0 Å². The first-order chi connectivity index (χ1) is 20.3. The summed E-state index contributed by atoms with van der Waals surface area (Å²) in [6.07, 6.45) is 8.46. The normalized spacial score (nSPS) is 13.4. The first-order valence-electron chi connectivity index (χ1n) is 13.6. The summed E-state index contributed by atoms with van der Waals surface area (Å²) >= 11 is 0. The zero-order valence-electron chi connectivity index (χ0n) is 23.8. The molecule has 0 radical (unpaired) electrons. The Morgan fingerprint density at radius 1 is 1.21 bits per heavy atom. The number of H-pyrrole nitrogens is 1. The average Bonchev–Trinajstić information content (AvgIpc) is 3.78. The number of aromatic amines is 1. The molecule has 0 saturated heterocycles. The maximum Gasteiger partial charge on any atom is 0.406 e. The number of carbonyl (C=O) groups excluding carboxylic acids is 1. The highest BCUT2D eigenvalue weighted by atomic mass is 19.1. The highest BCUT2D eigenvalue weighted by Gasteiger charge is 2.29. The molecule has 0 unspecified atom stereocenters. The van der Waals surface area contributed by atoms with Crippen molar-refractivity contribution in [2.45, 2.75) is 31.7 Å². The summed E-state index contributed by atoms with van der Waals surface area (Å²) in [7, 11) is 6.24. The zero-order chi connectivity index (χ0) is 30.0. The lowest BCUT2D eigenvalue weighted by molar-refractivity contribution is 0.173. The van der Waals surface area contributed by atoms with Crippen molar-refractivity contribution in [3.8, 4) is 28.3 Å². The number of halogens is 1. The quantitative estimate of drug-likeness (QED) is 0.277. The largest absolute Gasteiger partial charge is 0.490 e. The molecule has 0 atom stereocenters. The van der Waals surface area contributed by atoms with E-state index in [9.17, 15) is 14.0 Å². The summed E-state index contributed by atoms with van der Waals surface area (Å²) in [5, 5.41) is 15.9. The van der Waals surface area contributed by atoms with E-state index in [0.29, 0.717) is 39.3 Å². The second-order valence-electron chi connectivity index (χ2n) is 9.94. The molecule has 42 heavy (non-hydrogen) atoms. The zero-order valence-corrected chi connectivity index (χ0v) is 23.8. The van der Waals surface area contributed by atoms with Crippen LogP contribution in [0.3, 0.4) is 0 Å². The summed E-state index contributed by atoms with van der Waals surface area (Å²) in [5.74, 6) is -0.113. The lowest BCUT2D eigenvalue weighted by Crippen LogP contribution is -2.24. The standard InChI is InChI=1S/C25H26FN7O3.C3H7NO2/c1-31-13-16(23(26)30-31)21-19(17-8-7-15(11-27-17)36-10-9-34)20-22-18(12-28-24(20)29-21)32(2)25(35)33(22)14-5-3-4-6-14;1-4-3(5)6-2/h7-8,11-14,34H,3-6,9-10H2,1-2H3,(H,28,29);1-2H3,(H,4,5). The number of nitrogens with zero attached hydrogens (tertiary/aromatic N) is 6. The van der Waals surface area contributed by atoms with Gasteiger partial charge in [0.15, 0.2) is 0 Å². The Bertz CT molecular complexity index is 1770. The van der Waals surface area contributed by atoms with Crippen LogP contribution in [0.4, 0.5) is 9.18 Å². The number of pyridine rings is 2. The van der Waals surface area contributed by atoms with Gasteiger partial charge in [-0.2, -0.15) is 4.39 Å². The first kappa shape index (κ1) is 28.8. The van der Waals surface area contributed by atoms with Crippen LogP contribution in [0, 0.1) is 5.95 Å². The molecule has 1 fully saturated rings. The number of aliphatic hydroxyl groups excluding tert-OH is 1. The number of ether oxygens (including phenoxy) is 2. The van der Waals surface area contributed by atoms with Gasteiger partial charge in [0, 0.05) is 38.9 Å². The van der Waals surface area contributed by atoms with Gasteiger partial charge in [-0.15, -0.1) is 5.10 Å². The predicted molar refractivity (Wildman–Crippen MR) is 154 cm³/mol. The topological polar surface area (TPSA) is 154 Å². The Hall–Kier alpha value is -4.72. The molecule has 0 aliphatic heterocycles. The number of aliphatic hydroxyl groups is 1. The third kappa shape index (κ3) is 5.20. The molecule has 0 aromatic carbocycles. The van der Waals surface area contributed by atoms with Gasteiger partial charge in [0.05, 0.1) is 59.5 Å². The molecule has 222 valence electrons. The number of fused-ring (bicyclic) bond motifs is 3. The first-order valence-corrected chi connectivity index (χ1v) is 13.6. The maximum absolute atomic E-state index is 14.9. The van der Waals surface area contributed by atoms with Crippen molar-refractivity contribution in [2.24, 2.45) is 14.1 Å². The van der Waals surface area contributed by atoms with Gasteiger partial charge in [-0.05, 0) is 25.0 Å². The fourth-order valence-electron chi connectivity index (χ4n) is 5.45. The fraction of sp³-hybridized carbons (Fsp3) is 0.393. The number of rotatable bonds is 6. The Morgan fingerprint density at radius 2 is 1.98 bits per heavy atom. The van der Waals surface area contributed by atoms with Gasteiger partial charge in [-0.3, -0.25) is 18.8 Å². The number of alkyl carbamates (subject to hydrolysis) is 1. The van der Waals surface area contributed by atoms with Crippen LogP contribution in [-0.2, 0) is 18.8 Å². The van der Waals surface area contributed by atoms with E-state index in [1.165, 1.54) is 18.8 Å². The Morgan fingerprint density at radius 3 is 2.55 bits per heavy atom. The SMILES string of the molecule is CNC(=O)OC.Cn1cc(-c2[nH]c3ncc4c(c3c2-c2ccc(OCCO)cn2)n(C2CCCC2)c(=O)n4C)c(F)n1. The number of imidazole rings is 1. The smallest absolute Gasteiger partial charge is 0.406 e. The van der Waals surface area contributed by atoms with Crippen LogP contribution in [0.5, 0.6) is 5.75 Å². The number of nitrogens with one attached hydrogen (secondary N) is 2. The molecule has 5 heterocycles. The lowest BCUT2D eigenvalue weighted by Gasteiger charge is -2.12. The number of hydrogen-bond acceptors (Lipinski definition) is 8. The van der Waals surface area contributed by atoms with Crippen LogP contribution in [0.15, 0.2) is 35.5 Å². The van der Waals surface area contributed by atoms with Crippen molar-refractivity contribution in [3.63, 3.8) is 0 Å². The minimum atomic E-state index is -0.620. The molecule has 6 rings (SSSR count). The van der Waals surface area contributed by atoms with E-state index in [4.69, 9.17) is 9.84 Å². The van der Waals surface area contributed by atoms with E-state index < -0.39 is 12.0 Å². The molecule has 5 aromatic rings. The lowest BCUT2D eigenvalue weighted by atomic mass is 10.0. The number of aryl methyl sites for hydroxylation is 2. The molecule has 14 heteroatoms. The summed E-state index contributed by atoms with van der Waals surface area (Å²) in [5.41, 5.74) is 3.90. The van der Waals surface area contributed by atoms with Gasteiger partial charge in [-0.25, -0.2) is 14.6 Å². The summed E-state index contributed by atoms with van der Waals surface area (Å²) in [4.78, 5) is 35.8. The van der Waals surface area contributed by atoms with Crippen molar-refractivity contribution in [1.82, 2.24) is 39.2 Å². The molecule has 0 bridgehead atoms. The molecule has 1 aliphatic rings. The highest BCUT2D eigenvalue weighted by molar-refractivity contribution is 6.13. The molecular weight excluding hydrogens is 547 g/mol. The van der Waals surface area contributed by atoms with Crippen molar-refractivity contribution in [2.75, 3.05) is 27.4 Å². The number of carbonyl (C=O) groups is 1. The minimum absolute atomic E-state index is 0.0897. The van der Waals surface area contributed by atoms with E-state index in [2.05, 4.69) is 30.1 Å². The number of methoxy groups -OCH3 is 1. The van der Waals surface area contributed by atoms with Crippen LogP contribution in [0.1, 0.15) is 31.7 Å². The average molecular weight is 581 g/mol. The Labute approximate surface area is 239 Å². The number of hydrogen-bond donors (Lipinski definition) is 3. The molecule has 5 aromatic heterocycles. The fourth-order valence-corrected chi connectivity index (χ4v) is 5.45. The number of amides is 1. The molecule has 1 saturated carbocycles. The van der Waals surface area contributed by atoms with E-state index in [1.54, 1.807) is 49.4 Å². The monoisotopic (exact) mass is 580 g/mol. The predicted octanol–water partition coefficient (Wildman–Crippen LogP) is 3.28. The number of aromatic nitrogens is 7. The summed E-state index contributed by atoms with van der Waals surface area (Å²) < 4.78 is 29.5. The van der Waals surface area contributed by atoms with Crippen molar-refractivity contribution >= 4 is 28.2 Å². The molecular formula is C28H33FN8O5. The molecule has 0 spiro atoms. The third-order valence-corrected chi connectivity index (χ3v) is 7.36. The summed E-state index contributed by atoms with van der Waals surface area (Å²) in [6, 6.07) is 3.63. The molecule has 13 nitrogen and oxygen atoms in total. The van der Waals surface area contributed by atoms with Gasteiger partial charge in [-0.1, -0.05) is 12.8 Å². The molecule has 1 amide bonds. The van der Waals surface area contributed by atoms with Gasteiger partial charge < -0.3 is 24.9 Å². The minimum Gasteiger partial charge on any atom is -0.490 e. The highest BCUT2D eigenvalue weighted by Crippen LogP contribution is 2.42. The van der Waals surface area contributed by atoms with Crippen molar-refractivity contribution in [1.29, 1.82) is 0 Å². The van der Waals surface area contributed by atoms with E-state index in [0.717, 1.165) is 31.2 Å². The second-order valence-corrected chi connectivity index (χ2v) is 9.94. The van der Waals surface area contributed by atoms with E-state index >= 15 is 0 Å². The van der Waals surface area contributed by atoms with E-state index in [1.807, 2.05) is 4.57 Å². The van der Waals surface area contributed by atoms with Crippen molar-refractivity contribution < 1.29 is 23.8 Å². The van der Waals surface area contributed by atoms with Crippen molar-refractivity contribution in [3.05, 3.63) is 47.2 Å². The third-order valence-electron chi connectivity index (χ3n) is 7.36. The van der Waals surface area contributed by atoms with Gasteiger partial charge in [0.1, 0.15) is 18.0 Å². The summed E-state index contributed by atoms with van der Waals surface area (Å²) in [6.45, 7) is 0.0491. The van der Waals surface area contributed by atoms with Gasteiger partial charge in [0.2, 0.25) is 5.95 Å². The van der Waals surface area contributed by atoms with Crippen LogP contribution >= 0.6 is 0 Å². The van der Waals surface area contributed by atoms with E-state index in [-0.39, 0.29) is 30.5 Å². The van der Waals surface area contributed by atoms with Crippen LogP contribution < -0.4 is 15.7 Å². The molecule has 1 aliphatic carbocycles.